The SMILES string of the molecule is CC(C)(C)OC(=O)NC1=N[C@]2(C)c3cc(N)cnc3OCC[C@@H]2S(=O)(=O)C1(C)C. The molecule has 0 fully saturated rings. The first-order valence-corrected chi connectivity index (χ1v) is 11.0. The fourth-order valence-electron chi connectivity index (χ4n) is 3.69. The number of amidine groups is 1. The number of ether oxygens (including phenoxy) is 2. The Kier molecular flexibility index (Phi) is 4.84. The molecule has 9 nitrogen and oxygen atoms in total. The molecule has 0 spiro atoms. The largest absolute Gasteiger partial charge is 0.477 e. The zero-order valence-electron chi connectivity index (χ0n) is 17.6. The second-order valence-corrected chi connectivity index (χ2v) is 11.7. The molecule has 0 aliphatic carbocycles. The Morgan fingerprint density at radius 1 is 1.34 bits per heavy atom. The molecule has 3 N–H and O–H groups in total. The Hall–Kier alpha value is -2.36. The van der Waals surface area contributed by atoms with Gasteiger partial charge in [-0.2, -0.15) is 0 Å². The molecule has 0 aromatic carbocycles. The summed E-state index contributed by atoms with van der Waals surface area (Å²) in [6.07, 6.45) is 0.923. The van der Waals surface area contributed by atoms with E-state index in [2.05, 4.69) is 10.3 Å². The molecular formula is C19H28N4O5S. The van der Waals surface area contributed by atoms with Crippen LogP contribution in [0.15, 0.2) is 17.3 Å². The molecule has 0 saturated heterocycles. The summed E-state index contributed by atoms with van der Waals surface area (Å²) in [7, 11) is -3.79. The van der Waals surface area contributed by atoms with Gasteiger partial charge >= 0.3 is 6.09 Å². The van der Waals surface area contributed by atoms with Gasteiger partial charge in [-0.1, -0.05) is 0 Å². The van der Waals surface area contributed by atoms with Crippen molar-refractivity contribution in [2.75, 3.05) is 12.3 Å². The quantitative estimate of drug-likeness (QED) is 0.652. The summed E-state index contributed by atoms with van der Waals surface area (Å²) in [4.78, 5) is 21.3. The average Bonchev–Trinajstić information content (AvgIpc) is 2.69. The molecular weight excluding hydrogens is 396 g/mol. The summed E-state index contributed by atoms with van der Waals surface area (Å²) >= 11 is 0. The predicted molar refractivity (Wildman–Crippen MR) is 110 cm³/mol. The Balaban J connectivity index is 2.18. The van der Waals surface area contributed by atoms with E-state index in [1.54, 1.807) is 33.8 Å². The predicted octanol–water partition coefficient (Wildman–Crippen LogP) is 2.16. The first-order valence-electron chi connectivity index (χ1n) is 9.41. The third-order valence-electron chi connectivity index (χ3n) is 5.28. The van der Waals surface area contributed by atoms with Crippen LogP contribution in [0.4, 0.5) is 10.5 Å². The fraction of sp³-hybridized carbons (Fsp3) is 0.632. The van der Waals surface area contributed by atoms with Crippen LogP contribution < -0.4 is 15.8 Å². The third-order valence-corrected chi connectivity index (χ3v) is 8.34. The number of aromatic nitrogens is 1. The van der Waals surface area contributed by atoms with Crippen LogP contribution in [-0.4, -0.2) is 47.5 Å². The second-order valence-electron chi connectivity index (χ2n) is 9.04. The van der Waals surface area contributed by atoms with Gasteiger partial charge in [0.25, 0.3) is 0 Å². The minimum Gasteiger partial charge on any atom is -0.477 e. The number of carbonyl (C=O) groups is 1. The lowest BCUT2D eigenvalue weighted by Crippen LogP contribution is -2.61. The van der Waals surface area contributed by atoms with E-state index in [-0.39, 0.29) is 18.9 Å². The maximum absolute atomic E-state index is 13.6. The van der Waals surface area contributed by atoms with Gasteiger partial charge in [-0.25, -0.2) is 18.2 Å². The number of rotatable bonds is 0. The molecule has 2 aliphatic rings. The van der Waals surface area contributed by atoms with Crippen molar-refractivity contribution in [2.45, 2.75) is 69.1 Å². The zero-order valence-corrected chi connectivity index (χ0v) is 18.4. The molecule has 3 heterocycles. The van der Waals surface area contributed by atoms with Crippen molar-refractivity contribution in [1.82, 2.24) is 10.3 Å². The summed E-state index contributed by atoms with van der Waals surface area (Å²) in [5.41, 5.74) is 4.79. The van der Waals surface area contributed by atoms with E-state index >= 15 is 0 Å². The van der Waals surface area contributed by atoms with E-state index in [0.29, 0.717) is 17.1 Å². The van der Waals surface area contributed by atoms with Crippen molar-refractivity contribution < 1.29 is 22.7 Å². The van der Waals surface area contributed by atoms with Gasteiger partial charge in [0, 0.05) is 12.0 Å². The van der Waals surface area contributed by atoms with Crippen molar-refractivity contribution in [2.24, 2.45) is 4.99 Å². The standard InChI is InChI=1S/C19H28N4O5S/c1-17(2,3)28-16(24)22-15-18(4,5)29(25,26)13-7-8-27-14-12(19(13,6)23-15)9-11(20)10-21-14/h9-10,13H,7-8,20H2,1-6H3,(H,22,23,24)/t13-,19+/m0/s1. The van der Waals surface area contributed by atoms with Gasteiger partial charge in [-0.05, 0) is 47.6 Å². The van der Waals surface area contributed by atoms with Crippen molar-refractivity contribution in [1.29, 1.82) is 0 Å². The van der Waals surface area contributed by atoms with E-state index in [4.69, 9.17) is 20.2 Å². The van der Waals surface area contributed by atoms with Gasteiger partial charge in [0.05, 0.1) is 23.7 Å². The number of nitrogens with one attached hydrogen (secondary N) is 1. The number of nitrogens with two attached hydrogens (primary N) is 1. The molecule has 29 heavy (non-hydrogen) atoms. The van der Waals surface area contributed by atoms with Crippen LogP contribution in [0.25, 0.3) is 0 Å². The lowest BCUT2D eigenvalue weighted by molar-refractivity contribution is 0.0560. The molecule has 3 rings (SSSR count). The molecule has 2 aliphatic heterocycles. The van der Waals surface area contributed by atoms with Crippen molar-refractivity contribution in [3.05, 3.63) is 17.8 Å². The molecule has 0 unspecified atom stereocenters. The molecule has 2 atom stereocenters. The molecule has 1 amide bonds. The molecule has 10 heteroatoms. The summed E-state index contributed by atoms with van der Waals surface area (Å²) < 4.78 is 36.8. The van der Waals surface area contributed by atoms with E-state index in [0.717, 1.165) is 0 Å². The first-order chi connectivity index (χ1) is 13.2. The van der Waals surface area contributed by atoms with Crippen LogP contribution in [0, 0.1) is 0 Å². The molecule has 1 aromatic heterocycles. The number of fused-ring (bicyclic) bond motifs is 3. The number of hydrogen-bond acceptors (Lipinski definition) is 8. The maximum Gasteiger partial charge on any atom is 0.413 e. The van der Waals surface area contributed by atoms with Gasteiger partial charge < -0.3 is 15.2 Å². The van der Waals surface area contributed by atoms with Crippen molar-refractivity contribution >= 4 is 27.5 Å². The highest BCUT2D eigenvalue weighted by Gasteiger charge is 2.58. The Bertz CT molecular complexity index is 981. The number of nitrogen functional groups attached to an aromatic ring is 1. The highest BCUT2D eigenvalue weighted by molar-refractivity contribution is 7.94. The number of hydrogen-bond donors (Lipinski definition) is 2. The number of aliphatic imine (C=N–C) groups is 1. The van der Waals surface area contributed by atoms with Crippen LogP contribution in [0.2, 0.25) is 0 Å². The molecule has 0 bridgehead atoms. The molecule has 160 valence electrons. The van der Waals surface area contributed by atoms with E-state index in [1.807, 2.05) is 0 Å². The number of alkyl carbamates (subject to hydrolysis) is 1. The first kappa shape index (κ1) is 21.4. The molecule has 1 aromatic rings. The lowest BCUT2D eigenvalue weighted by atomic mass is 9.87. The lowest BCUT2D eigenvalue weighted by Gasteiger charge is -2.44. The normalized spacial score (nSPS) is 27.4. The van der Waals surface area contributed by atoms with Crippen LogP contribution in [0.5, 0.6) is 5.88 Å². The van der Waals surface area contributed by atoms with E-state index in [9.17, 15) is 13.2 Å². The minimum absolute atomic E-state index is 0.0146. The Morgan fingerprint density at radius 3 is 2.62 bits per heavy atom. The van der Waals surface area contributed by atoms with Crippen molar-refractivity contribution in [3.8, 4) is 5.88 Å². The highest BCUT2D eigenvalue weighted by Crippen LogP contribution is 2.48. The Labute approximate surface area is 171 Å². The minimum atomic E-state index is -3.79. The highest BCUT2D eigenvalue weighted by atomic mass is 32.2. The van der Waals surface area contributed by atoms with Gasteiger partial charge in [0.2, 0.25) is 5.88 Å². The van der Waals surface area contributed by atoms with Crippen LogP contribution in [0.1, 0.15) is 53.5 Å². The number of sulfone groups is 1. The fourth-order valence-corrected chi connectivity index (χ4v) is 5.96. The molecule has 0 radical (unpaired) electrons. The summed E-state index contributed by atoms with van der Waals surface area (Å²) in [6, 6.07) is 1.63. The van der Waals surface area contributed by atoms with Crippen molar-refractivity contribution in [3.63, 3.8) is 0 Å². The summed E-state index contributed by atoms with van der Waals surface area (Å²) in [5.74, 6) is 0.306. The topological polar surface area (TPSA) is 133 Å². The number of anilines is 1. The van der Waals surface area contributed by atoms with E-state index < -0.39 is 37.1 Å². The van der Waals surface area contributed by atoms with Gasteiger partial charge in [-0.15, -0.1) is 0 Å². The maximum atomic E-state index is 13.6. The molecule has 0 saturated carbocycles. The number of carbonyl (C=O) groups excluding carboxylic acids is 1. The third kappa shape index (κ3) is 3.54. The summed E-state index contributed by atoms with van der Waals surface area (Å²) in [5, 5.41) is 1.70. The van der Waals surface area contributed by atoms with Crippen LogP contribution >= 0.6 is 0 Å². The number of pyridine rings is 1. The van der Waals surface area contributed by atoms with Crippen LogP contribution in [-0.2, 0) is 20.1 Å². The van der Waals surface area contributed by atoms with Gasteiger partial charge in [0.1, 0.15) is 21.7 Å². The average molecular weight is 425 g/mol. The van der Waals surface area contributed by atoms with E-state index in [1.165, 1.54) is 20.0 Å². The van der Waals surface area contributed by atoms with Gasteiger partial charge in [0.15, 0.2) is 9.84 Å². The zero-order chi connectivity index (χ0) is 21.8. The number of amides is 1. The second kappa shape index (κ2) is 6.58. The smallest absolute Gasteiger partial charge is 0.413 e. The number of nitrogens with zero attached hydrogens (tertiary/aromatic N) is 2. The van der Waals surface area contributed by atoms with Gasteiger partial charge in [-0.3, -0.25) is 10.3 Å². The van der Waals surface area contributed by atoms with Crippen LogP contribution in [0.3, 0.4) is 0 Å². The monoisotopic (exact) mass is 424 g/mol. The Morgan fingerprint density at radius 2 is 2.00 bits per heavy atom. The summed E-state index contributed by atoms with van der Waals surface area (Å²) in [6.45, 7) is 10.1.